The summed E-state index contributed by atoms with van der Waals surface area (Å²) < 4.78 is 29.0. The molecule has 1 saturated heterocycles. The second kappa shape index (κ2) is 9.36. The van der Waals surface area contributed by atoms with Gasteiger partial charge in [0.05, 0.1) is 17.5 Å². The minimum atomic E-state index is -2.82. The van der Waals surface area contributed by atoms with Crippen LogP contribution in [0.1, 0.15) is 94.7 Å². The van der Waals surface area contributed by atoms with Crippen molar-refractivity contribution in [1.29, 1.82) is 0 Å². The molecule has 1 aliphatic heterocycles. The summed E-state index contributed by atoms with van der Waals surface area (Å²) in [5.74, 6) is 2.08. The zero-order chi connectivity index (χ0) is 18.4. The number of hydrogen-bond acceptors (Lipinski definition) is 5. The van der Waals surface area contributed by atoms with Crippen LogP contribution in [0.3, 0.4) is 0 Å². The molecule has 0 aromatic carbocycles. The SMILES string of the molecule is CCS(=O)(=O)CCCCCN1CCCC1c1nc(C2CCCCC2)co1. The van der Waals surface area contributed by atoms with Gasteiger partial charge < -0.3 is 4.42 Å². The average molecular weight is 383 g/mol. The fourth-order valence-electron chi connectivity index (χ4n) is 4.37. The number of oxazole rings is 1. The number of hydrogen-bond donors (Lipinski definition) is 0. The van der Waals surface area contributed by atoms with Gasteiger partial charge in [0.1, 0.15) is 16.1 Å². The molecule has 2 aliphatic rings. The summed E-state index contributed by atoms with van der Waals surface area (Å²) in [6, 6.07) is 0.312. The molecule has 1 unspecified atom stereocenters. The van der Waals surface area contributed by atoms with Crippen LogP contribution in [0.25, 0.3) is 0 Å². The molecule has 148 valence electrons. The highest BCUT2D eigenvalue weighted by Crippen LogP contribution is 2.36. The molecule has 1 aromatic rings. The van der Waals surface area contributed by atoms with Gasteiger partial charge in [0, 0.05) is 11.7 Å². The second-order valence-electron chi connectivity index (χ2n) is 7.94. The van der Waals surface area contributed by atoms with Gasteiger partial charge in [0.15, 0.2) is 0 Å². The van der Waals surface area contributed by atoms with Crippen LogP contribution in [0.4, 0.5) is 0 Å². The van der Waals surface area contributed by atoms with E-state index in [1.165, 1.54) is 38.5 Å². The number of rotatable bonds is 9. The first kappa shape index (κ1) is 19.9. The van der Waals surface area contributed by atoms with E-state index < -0.39 is 9.84 Å². The zero-order valence-corrected chi connectivity index (χ0v) is 17.0. The molecule has 5 nitrogen and oxygen atoms in total. The Morgan fingerprint density at radius 3 is 2.69 bits per heavy atom. The topological polar surface area (TPSA) is 63.4 Å². The van der Waals surface area contributed by atoms with E-state index in [1.54, 1.807) is 6.92 Å². The van der Waals surface area contributed by atoms with E-state index in [0.717, 1.165) is 50.4 Å². The van der Waals surface area contributed by atoms with Crippen LogP contribution in [-0.2, 0) is 9.84 Å². The van der Waals surface area contributed by atoms with E-state index in [4.69, 9.17) is 9.40 Å². The molecule has 0 bridgehead atoms. The van der Waals surface area contributed by atoms with E-state index in [-0.39, 0.29) is 5.75 Å². The fraction of sp³-hybridized carbons (Fsp3) is 0.850. The highest BCUT2D eigenvalue weighted by atomic mass is 32.2. The first-order valence-corrected chi connectivity index (χ1v) is 12.3. The van der Waals surface area contributed by atoms with Gasteiger partial charge in [-0.05, 0) is 51.6 Å². The lowest BCUT2D eigenvalue weighted by Gasteiger charge is -2.22. The molecule has 3 rings (SSSR count). The van der Waals surface area contributed by atoms with Crippen LogP contribution in [-0.4, -0.2) is 42.9 Å². The lowest BCUT2D eigenvalue weighted by Crippen LogP contribution is -2.25. The van der Waals surface area contributed by atoms with Gasteiger partial charge in [-0.15, -0.1) is 0 Å². The molecule has 0 N–H and O–H groups in total. The van der Waals surface area contributed by atoms with Crippen molar-refractivity contribution < 1.29 is 12.8 Å². The Bertz CT molecular complexity index is 650. The summed E-state index contributed by atoms with van der Waals surface area (Å²) >= 11 is 0. The van der Waals surface area contributed by atoms with E-state index in [0.29, 0.717) is 17.7 Å². The van der Waals surface area contributed by atoms with Crippen molar-refractivity contribution in [2.24, 2.45) is 0 Å². The summed E-state index contributed by atoms with van der Waals surface area (Å²) in [6.07, 6.45) is 13.5. The Morgan fingerprint density at radius 2 is 1.92 bits per heavy atom. The monoisotopic (exact) mass is 382 g/mol. The highest BCUT2D eigenvalue weighted by molar-refractivity contribution is 7.91. The third-order valence-electron chi connectivity index (χ3n) is 6.05. The van der Waals surface area contributed by atoms with Crippen LogP contribution in [0.15, 0.2) is 10.7 Å². The molecule has 1 atom stereocenters. The maximum atomic E-state index is 11.6. The maximum Gasteiger partial charge on any atom is 0.211 e. The first-order chi connectivity index (χ1) is 12.6. The summed E-state index contributed by atoms with van der Waals surface area (Å²) in [4.78, 5) is 7.34. The predicted molar refractivity (Wildman–Crippen MR) is 104 cm³/mol. The molecule has 0 radical (unpaired) electrons. The van der Waals surface area contributed by atoms with Gasteiger partial charge in [-0.1, -0.05) is 32.6 Å². The minimum absolute atomic E-state index is 0.259. The average Bonchev–Trinajstić information content (AvgIpc) is 3.31. The Labute approximate surface area is 158 Å². The molecule has 2 heterocycles. The molecular weight excluding hydrogens is 348 g/mol. The Hall–Kier alpha value is -0.880. The third kappa shape index (κ3) is 5.32. The molecule has 0 amide bonds. The highest BCUT2D eigenvalue weighted by Gasteiger charge is 2.30. The molecule has 6 heteroatoms. The van der Waals surface area contributed by atoms with Gasteiger partial charge in [0.25, 0.3) is 0 Å². The van der Waals surface area contributed by atoms with Crippen LogP contribution in [0.5, 0.6) is 0 Å². The molecule has 26 heavy (non-hydrogen) atoms. The number of aromatic nitrogens is 1. The maximum absolute atomic E-state index is 11.6. The van der Waals surface area contributed by atoms with Gasteiger partial charge in [0.2, 0.25) is 5.89 Å². The normalized spacial score (nSPS) is 22.9. The predicted octanol–water partition coefficient (Wildman–Crippen LogP) is 4.46. The summed E-state index contributed by atoms with van der Waals surface area (Å²) in [5, 5.41) is 0. The van der Waals surface area contributed by atoms with E-state index in [2.05, 4.69) is 4.90 Å². The Kier molecular flexibility index (Phi) is 7.15. The lowest BCUT2D eigenvalue weighted by molar-refractivity contribution is 0.218. The quantitative estimate of drug-likeness (QED) is 0.590. The van der Waals surface area contributed by atoms with E-state index in [1.807, 2.05) is 6.26 Å². The molecule has 1 saturated carbocycles. The largest absolute Gasteiger partial charge is 0.447 e. The molecule has 1 aromatic heterocycles. The van der Waals surface area contributed by atoms with Gasteiger partial charge in [-0.2, -0.15) is 0 Å². The Morgan fingerprint density at radius 1 is 1.12 bits per heavy atom. The summed E-state index contributed by atoms with van der Waals surface area (Å²) in [5.41, 5.74) is 1.16. The zero-order valence-electron chi connectivity index (χ0n) is 16.2. The van der Waals surface area contributed by atoms with Crippen molar-refractivity contribution in [1.82, 2.24) is 9.88 Å². The van der Waals surface area contributed by atoms with Gasteiger partial charge in [-0.3, -0.25) is 4.90 Å². The van der Waals surface area contributed by atoms with Crippen molar-refractivity contribution >= 4 is 9.84 Å². The van der Waals surface area contributed by atoms with Crippen molar-refractivity contribution in [3.8, 4) is 0 Å². The molecule has 2 fully saturated rings. The fourth-order valence-corrected chi connectivity index (χ4v) is 5.30. The number of sulfone groups is 1. The first-order valence-electron chi connectivity index (χ1n) is 10.5. The van der Waals surface area contributed by atoms with E-state index in [9.17, 15) is 8.42 Å². The van der Waals surface area contributed by atoms with Crippen molar-refractivity contribution in [3.05, 3.63) is 17.8 Å². The van der Waals surface area contributed by atoms with Crippen molar-refractivity contribution in [2.75, 3.05) is 24.6 Å². The van der Waals surface area contributed by atoms with Crippen LogP contribution in [0.2, 0.25) is 0 Å². The van der Waals surface area contributed by atoms with Gasteiger partial charge in [-0.25, -0.2) is 13.4 Å². The number of unbranched alkanes of at least 4 members (excludes halogenated alkanes) is 2. The Balaban J connectivity index is 1.46. The van der Waals surface area contributed by atoms with Crippen LogP contribution in [0, 0.1) is 0 Å². The lowest BCUT2D eigenvalue weighted by atomic mass is 9.87. The van der Waals surface area contributed by atoms with E-state index >= 15 is 0 Å². The summed E-state index contributed by atoms with van der Waals surface area (Å²) in [7, 11) is -2.82. The summed E-state index contributed by atoms with van der Waals surface area (Å²) in [6.45, 7) is 3.83. The van der Waals surface area contributed by atoms with Gasteiger partial charge >= 0.3 is 0 Å². The number of likely N-dealkylation sites (tertiary alicyclic amines) is 1. The van der Waals surface area contributed by atoms with Crippen molar-refractivity contribution in [2.45, 2.75) is 83.1 Å². The van der Waals surface area contributed by atoms with Crippen LogP contribution < -0.4 is 0 Å². The second-order valence-corrected chi connectivity index (χ2v) is 10.4. The standard InChI is InChI=1S/C20H34N2O3S/c1-2-26(23,24)15-8-4-7-13-22-14-9-12-19(22)20-21-18(16-25-20)17-10-5-3-6-11-17/h16-17,19H,2-15H2,1H3. The molecular formula is C20H34N2O3S. The number of nitrogens with zero attached hydrogens (tertiary/aromatic N) is 2. The molecule has 0 spiro atoms. The third-order valence-corrected chi connectivity index (χ3v) is 7.84. The van der Waals surface area contributed by atoms with Crippen LogP contribution >= 0.6 is 0 Å². The minimum Gasteiger partial charge on any atom is -0.447 e. The smallest absolute Gasteiger partial charge is 0.211 e. The molecule has 1 aliphatic carbocycles. The van der Waals surface area contributed by atoms with Crippen molar-refractivity contribution in [3.63, 3.8) is 0 Å².